The Kier molecular flexibility index (Phi) is 3.96. The van der Waals surface area contributed by atoms with Crippen LogP contribution >= 0.6 is 0 Å². The van der Waals surface area contributed by atoms with Crippen molar-refractivity contribution in [3.8, 4) is 0 Å². The van der Waals surface area contributed by atoms with Crippen LogP contribution in [-0.2, 0) is 14.6 Å². The SMILES string of the molecule is NCCC1(CNC(=O)C2CCCCS2(=O)=O)CC1. The molecule has 0 bridgehead atoms. The van der Waals surface area contributed by atoms with Crippen LogP contribution < -0.4 is 11.1 Å². The maximum absolute atomic E-state index is 12.0. The summed E-state index contributed by atoms with van der Waals surface area (Å²) < 4.78 is 23.6. The summed E-state index contributed by atoms with van der Waals surface area (Å²) in [6, 6.07) is 0. The van der Waals surface area contributed by atoms with Crippen molar-refractivity contribution in [1.29, 1.82) is 0 Å². The summed E-state index contributed by atoms with van der Waals surface area (Å²) in [5.74, 6) is -0.156. The second-order valence-corrected chi connectivity index (χ2v) is 7.91. The van der Waals surface area contributed by atoms with E-state index in [0.29, 0.717) is 25.9 Å². The highest BCUT2D eigenvalue weighted by atomic mass is 32.2. The van der Waals surface area contributed by atoms with E-state index >= 15 is 0 Å². The van der Waals surface area contributed by atoms with Gasteiger partial charge in [0.25, 0.3) is 0 Å². The lowest BCUT2D eigenvalue weighted by Gasteiger charge is -2.23. The van der Waals surface area contributed by atoms with Crippen LogP contribution in [0.3, 0.4) is 0 Å². The molecule has 1 unspecified atom stereocenters. The molecule has 6 heteroatoms. The van der Waals surface area contributed by atoms with E-state index in [1.807, 2.05) is 0 Å². The lowest BCUT2D eigenvalue weighted by molar-refractivity contribution is -0.121. The number of carbonyl (C=O) groups excluding carboxylic acids is 1. The molecule has 1 atom stereocenters. The smallest absolute Gasteiger partial charge is 0.238 e. The first-order valence-corrected chi connectivity index (χ1v) is 8.40. The molecule has 104 valence electrons. The molecule has 2 rings (SSSR count). The van der Waals surface area contributed by atoms with E-state index in [1.54, 1.807) is 0 Å². The number of nitrogens with two attached hydrogens (primary N) is 1. The van der Waals surface area contributed by atoms with Gasteiger partial charge in [-0.3, -0.25) is 4.79 Å². The molecule has 5 nitrogen and oxygen atoms in total. The van der Waals surface area contributed by atoms with E-state index < -0.39 is 15.1 Å². The Balaban J connectivity index is 1.88. The molecule has 1 saturated carbocycles. The fourth-order valence-electron chi connectivity index (χ4n) is 2.64. The first-order chi connectivity index (χ1) is 8.49. The van der Waals surface area contributed by atoms with Gasteiger partial charge in [-0.2, -0.15) is 0 Å². The molecule has 1 amide bonds. The summed E-state index contributed by atoms with van der Waals surface area (Å²) in [7, 11) is -3.22. The third-order valence-electron chi connectivity index (χ3n) is 4.14. The maximum atomic E-state index is 12.0. The Hall–Kier alpha value is -0.620. The molecule has 0 aromatic carbocycles. The lowest BCUT2D eigenvalue weighted by atomic mass is 10.0. The van der Waals surface area contributed by atoms with Crippen LogP contribution in [0.4, 0.5) is 0 Å². The summed E-state index contributed by atoms with van der Waals surface area (Å²) in [6.45, 7) is 1.20. The molecule has 2 aliphatic rings. The highest BCUT2D eigenvalue weighted by Crippen LogP contribution is 2.47. The number of sulfone groups is 1. The molecule has 3 N–H and O–H groups in total. The van der Waals surface area contributed by atoms with Gasteiger partial charge in [0.2, 0.25) is 5.91 Å². The molecule has 18 heavy (non-hydrogen) atoms. The molecule has 0 aromatic rings. The van der Waals surface area contributed by atoms with Crippen molar-refractivity contribution in [2.75, 3.05) is 18.8 Å². The molecule has 1 aliphatic carbocycles. The summed E-state index contributed by atoms with van der Waals surface area (Å²) in [5.41, 5.74) is 5.69. The Morgan fingerprint density at radius 1 is 1.33 bits per heavy atom. The molecule has 0 aromatic heterocycles. The molecule has 0 spiro atoms. The van der Waals surface area contributed by atoms with Crippen molar-refractivity contribution in [2.24, 2.45) is 11.1 Å². The van der Waals surface area contributed by atoms with Crippen molar-refractivity contribution in [1.82, 2.24) is 5.32 Å². The number of nitrogens with one attached hydrogen (secondary N) is 1. The van der Waals surface area contributed by atoms with Crippen molar-refractivity contribution in [2.45, 2.75) is 43.8 Å². The van der Waals surface area contributed by atoms with Gasteiger partial charge < -0.3 is 11.1 Å². The number of rotatable bonds is 5. The fraction of sp³-hybridized carbons (Fsp3) is 0.917. The monoisotopic (exact) mass is 274 g/mol. The van der Waals surface area contributed by atoms with Gasteiger partial charge in [-0.15, -0.1) is 0 Å². The second-order valence-electron chi connectivity index (χ2n) is 5.61. The van der Waals surface area contributed by atoms with Gasteiger partial charge in [0.05, 0.1) is 5.75 Å². The summed E-state index contributed by atoms with van der Waals surface area (Å²) in [4.78, 5) is 12.0. The zero-order valence-corrected chi connectivity index (χ0v) is 11.5. The first-order valence-electron chi connectivity index (χ1n) is 6.68. The standard InChI is InChI=1S/C12H22N2O3S/c13-7-6-12(4-5-12)9-14-11(15)10-3-1-2-8-18(10,16)17/h10H,1-9,13H2,(H,14,15). The van der Waals surface area contributed by atoms with E-state index in [9.17, 15) is 13.2 Å². The van der Waals surface area contributed by atoms with E-state index in [4.69, 9.17) is 5.73 Å². The summed E-state index contributed by atoms with van der Waals surface area (Å²) >= 11 is 0. The Morgan fingerprint density at radius 2 is 2.06 bits per heavy atom. The van der Waals surface area contributed by atoms with E-state index in [1.165, 1.54) is 0 Å². The van der Waals surface area contributed by atoms with Gasteiger partial charge in [0.1, 0.15) is 5.25 Å². The largest absolute Gasteiger partial charge is 0.354 e. The van der Waals surface area contributed by atoms with Crippen LogP contribution in [0.15, 0.2) is 0 Å². The van der Waals surface area contributed by atoms with Crippen LogP contribution in [-0.4, -0.2) is 38.4 Å². The molecule has 1 heterocycles. The third-order valence-corrected chi connectivity index (χ3v) is 6.31. The quantitative estimate of drug-likeness (QED) is 0.749. The normalized spacial score (nSPS) is 28.6. The van der Waals surface area contributed by atoms with Gasteiger partial charge in [-0.25, -0.2) is 8.42 Å². The predicted octanol–water partition coefficient (Wildman–Crippen LogP) is 0.199. The second kappa shape index (κ2) is 5.17. The molecule has 2 fully saturated rings. The number of carbonyl (C=O) groups is 1. The van der Waals surface area contributed by atoms with E-state index in [2.05, 4.69) is 5.32 Å². The minimum atomic E-state index is -3.22. The minimum absolute atomic E-state index is 0.152. The van der Waals surface area contributed by atoms with Crippen LogP contribution in [0, 0.1) is 5.41 Å². The summed E-state index contributed by atoms with van der Waals surface area (Å²) in [5, 5.41) is 2.00. The molecular formula is C12H22N2O3S. The number of amides is 1. The van der Waals surface area contributed by atoms with Crippen molar-refractivity contribution in [3.63, 3.8) is 0 Å². The highest BCUT2D eigenvalue weighted by molar-refractivity contribution is 7.92. The average Bonchev–Trinajstić information content (AvgIpc) is 3.06. The van der Waals surface area contributed by atoms with Crippen molar-refractivity contribution >= 4 is 15.7 Å². The Labute approximate surface area is 108 Å². The topological polar surface area (TPSA) is 89.3 Å². The number of hydrogen-bond donors (Lipinski definition) is 2. The van der Waals surface area contributed by atoms with Gasteiger partial charge in [-0.1, -0.05) is 6.42 Å². The van der Waals surface area contributed by atoms with Gasteiger partial charge >= 0.3 is 0 Å². The van der Waals surface area contributed by atoms with Crippen LogP contribution in [0.1, 0.15) is 38.5 Å². The lowest BCUT2D eigenvalue weighted by Crippen LogP contribution is -2.44. The van der Waals surface area contributed by atoms with Gasteiger partial charge in [0.15, 0.2) is 9.84 Å². The van der Waals surface area contributed by atoms with E-state index in [0.717, 1.165) is 25.7 Å². The summed E-state index contributed by atoms with van der Waals surface area (Å²) in [6.07, 6.45) is 5.06. The Bertz CT molecular complexity index is 415. The van der Waals surface area contributed by atoms with Gasteiger partial charge in [-0.05, 0) is 44.1 Å². The van der Waals surface area contributed by atoms with Gasteiger partial charge in [0, 0.05) is 6.54 Å². The average molecular weight is 274 g/mol. The molecular weight excluding hydrogens is 252 g/mol. The molecule has 1 aliphatic heterocycles. The zero-order valence-electron chi connectivity index (χ0n) is 10.7. The minimum Gasteiger partial charge on any atom is -0.354 e. The Morgan fingerprint density at radius 3 is 2.61 bits per heavy atom. The van der Waals surface area contributed by atoms with Crippen LogP contribution in [0.25, 0.3) is 0 Å². The van der Waals surface area contributed by atoms with E-state index in [-0.39, 0.29) is 17.1 Å². The third kappa shape index (κ3) is 3.03. The first kappa shape index (κ1) is 13.8. The van der Waals surface area contributed by atoms with Crippen LogP contribution in [0.5, 0.6) is 0 Å². The highest BCUT2D eigenvalue weighted by Gasteiger charge is 2.43. The number of hydrogen-bond acceptors (Lipinski definition) is 4. The molecule has 1 saturated heterocycles. The zero-order chi connectivity index (χ0) is 13.2. The maximum Gasteiger partial charge on any atom is 0.238 e. The predicted molar refractivity (Wildman–Crippen MR) is 69.8 cm³/mol. The van der Waals surface area contributed by atoms with Crippen molar-refractivity contribution in [3.05, 3.63) is 0 Å². The molecule has 0 radical (unpaired) electrons. The van der Waals surface area contributed by atoms with Crippen molar-refractivity contribution < 1.29 is 13.2 Å². The fourth-order valence-corrected chi connectivity index (χ4v) is 4.46. The van der Waals surface area contributed by atoms with Crippen LogP contribution in [0.2, 0.25) is 0 Å².